The van der Waals surface area contributed by atoms with E-state index in [-0.39, 0.29) is 12.0 Å². The van der Waals surface area contributed by atoms with Gasteiger partial charge in [0.1, 0.15) is 0 Å². The van der Waals surface area contributed by atoms with Crippen LogP contribution in [0.1, 0.15) is 50.6 Å². The van der Waals surface area contributed by atoms with Gasteiger partial charge in [0.15, 0.2) is 0 Å². The Morgan fingerprint density at radius 3 is 2.57 bits per heavy atom. The minimum Gasteiger partial charge on any atom is -0.463 e. The molecule has 0 amide bonds. The number of carbonyl (C=O) groups is 1. The van der Waals surface area contributed by atoms with Gasteiger partial charge in [0.05, 0.1) is 18.2 Å². The van der Waals surface area contributed by atoms with Crippen LogP contribution in [0.3, 0.4) is 0 Å². The van der Waals surface area contributed by atoms with E-state index in [4.69, 9.17) is 4.74 Å². The summed E-state index contributed by atoms with van der Waals surface area (Å²) < 4.78 is 5.12. The third kappa shape index (κ3) is 4.43. The van der Waals surface area contributed by atoms with Crippen molar-refractivity contribution >= 4 is 5.97 Å². The average Bonchev–Trinajstić information content (AvgIpc) is 2.54. The Hall–Kier alpha value is -1.61. The van der Waals surface area contributed by atoms with E-state index in [2.05, 4.69) is 11.9 Å². The molecule has 0 heterocycles. The van der Waals surface area contributed by atoms with Gasteiger partial charge in [0, 0.05) is 6.04 Å². The fraction of sp³-hybridized carbons (Fsp3) is 0.500. The fourth-order valence-corrected chi connectivity index (χ4v) is 2.89. The summed E-state index contributed by atoms with van der Waals surface area (Å²) in [5.41, 5.74) is 1.56. The molecule has 0 unspecified atom stereocenters. The summed E-state index contributed by atoms with van der Waals surface area (Å²) in [5.74, 6) is -0.310. The van der Waals surface area contributed by atoms with Crippen molar-refractivity contribution < 1.29 is 9.53 Å². The van der Waals surface area contributed by atoms with Crippen molar-refractivity contribution in [2.45, 2.75) is 51.1 Å². The molecule has 1 atom stereocenters. The van der Waals surface area contributed by atoms with Gasteiger partial charge >= 0.3 is 5.97 Å². The highest BCUT2D eigenvalue weighted by atomic mass is 16.5. The lowest BCUT2D eigenvalue weighted by atomic mass is 9.92. The molecule has 0 spiro atoms. The average molecular weight is 287 g/mol. The zero-order valence-electron chi connectivity index (χ0n) is 12.8. The lowest BCUT2D eigenvalue weighted by Crippen LogP contribution is -2.36. The second-order valence-electron chi connectivity index (χ2n) is 5.59. The van der Waals surface area contributed by atoms with Crippen LogP contribution in [0.5, 0.6) is 0 Å². The van der Waals surface area contributed by atoms with Gasteiger partial charge in [0.2, 0.25) is 0 Å². The third-order valence-electron chi connectivity index (χ3n) is 4.03. The van der Waals surface area contributed by atoms with Gasteiger partial charge in [-0.2, -0.15) is 0 Å². The zero-order chi connectivity index (χ0) is 15.1. The van der Waals surface area contributed by atoms with E-state index < -0.39 is 0 Å². The van der Waals surface area contributed by atoms with Crippen LogP contribution in [0.15, 0.2) is 42.5 Å². The molecule has 2 rings (SSSR count). The Bertz CT molecular complexity index is 463. The van der Waals surface area contributed by atoms with E-state index in [0.717, 1.165) is 5.56 Å². The van der Waals surface area contributed by atoms with Gasteiger partial charge in [0.25, 0.3) is 0 Å². The maximum Gasteiger partial charge on any atom is 0.335 e. The van der Waals surface area contributed by atoms with Crippen molar-refractivity contribution in [2.24, 2.45) is 0 Å². The summed E-state index contributed by atoms with van der Waals surface area (Å²) in [6, 6.07) is 10.3. The van der Waals surface area contributed by atoms with Crippen LogP contribution in [0.25, 0.3) is 0 Å². The van der Waals surface area contributed by atoms with Crippen LogP contribution in [0, 0.1) is 0 Å². The molecule has 1 aromatic rings. The van der Waals surface area contributed by atoms with Gasteiger partial charge in [-0.25, -0.2) is 4.79 Å². The Morgan fingerprint density at radius 2 is 1.95 bits per heavy atom. The molecule has 1 fully saturated rings. The lowest BCUT2D eigenvalue weighted by molar-refractivity contribution is -0.138. The fourth-order valence-electron chi connectivity index (χ4n) is 2.89. The second kappa shape index (κ2) is 7.99. The molecule has 0 saturated heterocycles. The second-order valence-corrected chi connectivity index (χ2v) is 5.59. The van der Waals surface area contributed by atoms with Crippen molar-refractivity contribution in [3.63, 3.8) is 0 Å². The maximum atomic E-state index is 12.0. The molecule has 21 heavy (non-hydrogen) atoms. The first-order valence-electron chi connectivity index (χ1n) is 7.89. The van der Waals surface area contributed by atoms with Gasteiger partial charge in [-0.15, -0.1) is 0 Å². The first kappa shape index (κ1) is 15.8. The zero-order valence-corrected chi connectivity index (χ0v) is 12.8. The Labute approximate surface area is 127 Å². The van der Waals surface area contributed by atoms with Gasteiger partial charge < -0.3 is 10.1 Å². The third-order valence-corrected chi connectivity index (χ3v) is 4.03. The first-order valence-corrected chi connectivity index (χ1v) is 7.89. The molecule has 1 aliphatic rings. The van der Waals surface area contributed by atoms with Crippen LogP contribution in [0.4, 0.5) is 0 Å². The minimum atomic E-state index is -0.310. The molecule has 0 radical (unpaired) electrons. The summed E-state index contributed by atoms with van der Waals surface area (Å²) in [6.45, 7) is 6.17. The summed E-state index contributed by atoms with van der Waals surface area (Å²) in [4.78, 5) is 12.0. The summed E-state index contributed by atoms with van der Waals surface area (Å²) in [6.07, 6.45) is 6.15. The molecule has 0 bridgehead atoms. The molecule has 3 heteroatoms. The lowest BCUT2D eigenvalue weighted by Gasteiger charge is -2.29. The van der Waals surface area contributed by atoms with Crippen molar-refractivity contribution in [1.29, 1.82) is 0 Å². The molecular weight excluding hydrogens is 262 g/mol. The summed E-state index contributed by atoms with van der Waals surface area (Å²) in [7, 11) is 0. The highest BCUT2D eigenvalue weighted by molar-refractivity contribution is 5.89. The van der Waals surface area contributed by atoms with Crippen LogP contribution in [-0.2, 0) is 9.53 Å². The van der Waals surface area contributed by atoms with Gasteiger partial charge in [-0.05, 0) is 25.3 Å². The van der Waals surface area contributed by atoms with Crippen LogP contribution in [0.2, 0.25) is 0 Å². The highest BCUT2D eigenvalue weighted by Crippen LogP contribution is 2.26. The van der Waals surface area contributed by atoms with E-state index in [9.17, 15) is 4.79 Å². The predicted octanol–water partition coefficient (Wildman–Crippen LogP) is 3.77. The van der Waals surface area contributed by atoms with Crippen LogP contribution < -0.4 is 5.32 Å². The van der Waals surface area contributed by atoms with Crippen LogP contribution >= 0.6 is 0 Å². The van der Waals surface area contributed by atoms with Gasteiger partial charge in [-0.1, -0.05) is 56.2 Å². The molecule has 1 N–H and O–H groups in total. The van der Waals surface area contributed by atoms with E-state index in [1.54, 1.807) is 0 Å². The topological polar surface area (TPSA) is 38.3 Å². The van der Waals surface area contributed by atoms with Gasteiger partial charge in [-0.3, -0.25) is 0 Å². The molecule has 1 saturated carbocycles. The van der Waals surface area contributed by atoms with Crippen molar-refractivity contribution in [3.05, 3.63) is 48.0 Å². The Kier molecular flexibility index (Phi) is 6.00. The maximum absolute atomic E-state index is 12.0. The van der Waals surface area contributed by atoms with E-state index in [0.29, 0.717) is 18.2 Å². The normalized spacial score (nSPS) is 17.2. The molecule has 0 aromatic heterocycles. The van der Waals surface area contributed by atoms with E-state index in [1.807, 2.05) is 37.3 Å². The Morgan fingerprint density at radius 1 is 1.29 bits per heavy atom. The summed E-state index contributed by atoms with van der Waals surface area (Å²) >= 11 is 0. The van der Waals surface area contributed by atoms with Crippen molar-refractivity contribution in [2.75, 3.05) is 6.61 Å². The smallest absolute Gasteiger partial charge is 0.335 e. The molecule has 0 aliphatic heterocycles. The monoisotopic (exact) mass is 287 g/mol. The number of hydrogen-bond acceptors (Lipinski definition) is 3. The molecule has 1 aliphatic carbocycles. The molecular formula is C18H25NO2. The number of benzene rings is 1. The highest BCUT2D eigenvalue weighted by Gasteiger charge is 2.25. The molecule has 3 nitrogen and oxygen atoms in total. The largest absolute Gasteiger partial charge is 0.463 e. The first-order chi connectivity index (χ1) is 10.2. The summed E-state index contributed by atoms with van der Waals surface area (Å²) in [5, 5.41) is 3.61. The van der Waals surface area contributed by atoms with Crippen LogP contribution in [-0.4, -0.2) is 18.6 Å². The van der Waals surface area contributed by atoms with E-state index >= 15 is 0 Å². The quantitative estimate of drug-likeness (QED) is 0.639. The molecule has 114 valence electrons. The number of nitrogens with one attached hydrogen (secondary N) is 1. The number of esters is 1. The number of ether oxygens (including phenoxy) is 1. The number of carbonyl (C=O) groups excluding carboxylic acids is 1. The SMILES string of the molecule is C=C(C(=O)OCC)[C@H](NC1CCCCC1)c1ccccc1. The Balaban J connectivity index is 2.13. The minimum absolute atomic E-state index is 0.159. The standard InChI is InChI=1S/C18H25NO2/c1-3-21-18(20)14(2)17(15-10-6-4-7-11-15)19-16-12-8-5-9-13-16/h4,6-7,10-11,16-17,19H,2-3,5,8-9,12-13H2,1H3/t17-/m0/s1. The number of hydrogen-bond donors (Lipinski definition) is 1. The predicted molar refractivity (Wildman–Crippen MR) is 85.0 cm³/mol. The van der Waals surface area contributed by atoms with Crippen molar-refractivity contribution in [1.82, 2.24) is 5.32 Å². The van der Waals surface area contributed by atoms with E-state index in [1.165, 1.54) is 32.1 Å². The molecule has 1 aromatic carbocycles. The van der Waals surface area contributed by atoms with Crippen molar-refractivity contribution in [3.8, 4) is 0 Å². The number of rotatable bonds is 6.